The highest BCUT2D eigenvalue weighted by Gasteiger charge is 2.27. The quantitative estimate of drug-likeness (QED) is 0.823. The highest BCUT2D eigenvalue weighted by Crippen LogP contribution is 2.24. The molecule has 0 saturated carbocycles. The molecule has 3 heterocycles. The van der Waals surface area contributed by atoms with Crippen molar-refractivity contribution in [3.05, 3.63) is 11.7 Å². The van der Waals surface area contributed by atoms with Crippen molar-refractivity contribution in [1.82, 2.24) is 19.9 Å². The van der Waals surface area contributed by atoms with Crippen LogP contribution in [-0.4, -0.2) is 65.4 Å². The SMILES string of the molecule is CC(C)(C)c1nc(CN2CCCCC2CCN2CCOCC2)no1. The van der Waals surface area contributed by atoms with Gasteiger partial charge in [-0.15, -0.1) is 0 Å². The molecule has 0 aliphatic carbocycles. The van der Waals surface area contributed by atoms with Crippen molar-refractivity contribution in [2.45, 2.75) is 64.5 Å². The van der Waals surface area contributed by atoms with Crippen LogP contribution in [0.1, 0.15) is 58.2 Å². The molecule has 3 rings (SSSR count). The predicted molar refractivity (Wildman–Crippen MR) is 92.9 cm³/mol. The van der Waals surface area contributed by atoms with Crippen molar-refractivity contribution >= 4 is 0 Å². The van der Waals surface area contributed by atoms with Crippen LogP contribution in [0, 0.1) is 0 Å². The van der Waals surface area contributed by atoms with Gasteiger partial charge in [-0.05, 0) is 32.4 Å². The first kappa shape index (κ1) is 17.8. The first-order chi connectivity index (χ1) is 11.5. The highest BCUT2D eigenvalue weighted by molar-refractivity contribution is 4.98. The van der Waals surface area contributed by atoms with Crippen molar-refractivity contribution in [2.75, 3.05) is 39.4 Å². The van der Waals surface area contributed by atoms with Crippen LogP contribution in [0.15, 0.2) is 4.52 Å². The summed E-state index contributed by atoms with van der Waals surface area (Å²) < 4.78 is 10.9. The van der Waals surface area contributed by atoms with Crippen LogP contribution in [0.5, 0.6) is 0 Å². The fourth-order valence-electron chi connectivity index (χ4n) is 3.56. The molecule has 0 amide bonds. The van der Waals surface area contributed by atoms with Gasteiger partial charge in [0.25, 0.3) is 0 Å². The Bertz CT molecular complexity index is 505. The minimum atomic E-state index is -0.0805. The van der Waals surface area contributed by atoms with E-state index in [1.165, 1.54) is 32.2 Å². The van der Waals surface area contributed by atoms with E-state index in [0.29, 0.717) is 6.04 Å². The Labute approximate surface area is 145 Å². The van der Waals surface area contributed by atoms with Gasteiger partial charge in [-0.2, -0.15) is 4.98 Å². The zero-order valence-electron chi connectivity index (χ0n) is 15.5. The molecule has 6 nitrogen and oxygen atoms in total. The molecule has 24 heavy (non-hydrogen) atoms. The lowest BCUT2D eigenvalue weighted by Gasteiger charge is -2.36. The van der Waals surface area contributed by atoms with E-state index in [1.54, 1.807) is 0 Å². The van der Waals surface area contributed by atoms with Gasteiger partial charge in [-0.25, -0.2) is 0 Å². The molecular formula is C18H32N4O2. The predicted octanol–water partition coefficient (Wildman–Crippen LogP) is 2.44. The van der Waals surface area contributed by atoms with Crippen LogP contribution in [0.4, 0.5) is 0 Å². The van der Waals surface area contributed by atoms with E-state index in [-0.39, 0.29) is 5.41 Å². The van der Waals surface area contributed by atoms with Gasteiger partial charge in [0, 0.05) is 24.5 Å². The molecule has 1 atom stereocenters. The van der Waals surface area contributed by atoms with E-state index < -0.39 is 0 Å². The van der Waals surface area contributed by atoms with E-state index in [2.05, 4.69) is 40.7 Å². The molecule has 0 bridgehead atoms. The Morgan fingerprint density at radius 2 is 1.92 bits per heavy atom. The number of rotatable bonds is 5. The molecule has 0 radical (unpaired) electrons. The number of aromatic nitrogens is 2. The normalized spacial score (nSPS) is 24.4. The van der Waals surface area contributed by atoms with Crippen molar-refractivity contribution in [2.24, 2.45) is 0 Å². The van der Waals surface area contributed by atoms with Gasteiger partial charge in [0.15, 0.2) is 5.82 Å². The summed E-state index contributed by atoms with van der Waals surface area (Å²) in [5.41, 5.74) is -0.0805. The molecule has 1 unspecified atom stereocenters. The second-order valence-electron chi connectivity index (χ2n) is 8.13. The molecule has 1 aromatic rings. The van der Waals surface area contributed by atoms with E-state index in [0.717, 1.165) is 51.1 Å². The molecule has 2 aliphatic rings. The van der Waals surface area contributed by atoms with Crippen LogP contribution in [-0.2, 0) is 16.7 Å². The molecule has 2 saturated heterocycles. The first-order valence-corrected chi connectivity index (χ1v) is 9.39. The lowest BCUT2D eigenvalue weighted by molar-refractivity contribution is 0.0300. The third kappa shape index (κ3) is 4.77. The molecule has 0 aromatic carbocycles. The average Bonchev–Trinajstić information content (AvgIpc) is 3.04. The zero-order valence-corrected chi connectivity index (χ0v) is 15.5. The Balaban J connectivity index is 1.54. The van der Waals surface area contributed by atoms with Gasteiger partial charge in [0.2, 0.25) is 5.89 Å². The smallest absolute Gasteiger partial charge is 0.232 e. The number of ether oxygens (including phenoxy) is 1. The van der Waals surface area contributed by atoms with Crippen molar-refractivity contribution in [1.29, 1.82) is 0 Å². The second-order valence-corrected chi connectivity index (χ2v) is 8.13. The average molecular weight is 336 g/mol. The minimum Gasteiger partial charge on any atom is -0.379 e. The van der Waals surface area contributed by atoms with E-state index in [4.69, 9.17) is 9.26 Å². The van der Waals surface area contributed by atoms with Gasteiger partial charge in [0.1, 0.15) is 0 Å². The number of morpholine rings is 1. The minimum absolute atomic E-state index is 0.0805. The van der Waals surface area contributed by atoms with Crippen LogP contribution in [0.2, 0.25) is 0 Å². The van der Waals surface area contributed by atoms with Crippen LogP contribution in [0.3, 0.4) is 0 Å². The lowest BCUT2D eigenvalue weighted by Crippen LogP contribution is -2.43. The van der Waals surface area contributed by atoms with E-state index >= 15 is 0 Å². The standard InChI is InChI=1S/C18H32N4O2/c1-18(2,3)17-19-16(20-24-17)14-22-8-5-4-6-15(22)7-9-21-10-12-23-13-11-21/h15H,4-14H2,1-3H3. The third-order valence-corrected chi connectivity index (χ3v) is 5.09. The Morgan fingerprint density at radius 1 is 1.12 bits per heavy atom. The first-order valence-electron chi connectivity index (χ1n) is 9.39. The molecule has 1 aromatic heterocycles. The maximum Gasteiger partial charge on any atom is 0.232 e. The maximum atomic E-state index is 5.45. The third-order valence-electron chi connectivity index (χ3n) is 5.09. The van der Waals surface area contributed by atoms with Gasteiger partial charge >= 0.3 is 0 Å². The molecule has 136 valence electrons. The summed E-state index contributed by atoms with van der Waals surface area (Å²) in [4.78, 5) is 9.70. The second kappa shape index (κ2) is 7.93. The number of piperidine rings is 1. The fraction of sp³-hybridized carbons (Fsp3) is 0.889. The van der Waals surface area contributed by atoms with Crippen molar-refractivity contribution in [3.8, 4) is 0 Å². The van der Waals surface area contributed by atoms with Gasteiger partial charge in [0.05, 0.1) is 19.8 Å². The van der Waals surface area contributed by atoms with Gasteiger partial charge in [-0.1, -0.05) is 32.3 Å². The molecule has 0 N–H and O–H groups in total. The van der Waals surface area contributed by atoms with Crippen LogP contribution < -0.4 is 0 Å². The van der Waals surface area contributed by atoms with Crippen molar-refractivity contribution < 1.29 is 9.26 Å². The van der Waals surface area contributed by atoms with Crippen LogP contribution >= 0.6 is 0 Å². The summed E-state index contributed by atoms with van der Waals surface area (Å²) in [6.07, 6.45) is 5.13. The van der Waals surface area contributed by atoms with Gasteiger partial charge in [-0.3, -0.25) is 9.80 Å². The Hall–Kier alpha value is -0.980. The summed E-state index contributed by atoms with van der Waals surface area (Å²) in [6.45, 7) is 13.4. The monoisotopic (exact) mass is 336 g/mol. The van der Waals surface area contributed by atoms with E-state index in [9.17, 15) is 0 Å². The van der Waals surface area contributed by atoms with Crippen molar-refractivity contribution in [3.63, 3.8) is 0 Å². The number of hydrogen-bond donors (Lipinski definition) is 0. The molecule has 6 heteroatoms. The molecule has 2 aliphatic heterocycles. The molecular weight excluding hydrogens is 304 g/mol. The fourth-order valence-corrected chi connectivity index (χ4v) is 3.56. The molecule has 0 spiro atoms. The Morgan fingerprint density at radius 3 is 2.62 bits per heavy atom. The molecule has 2 fully saturated rings. The highest BCUT2D eigenvalue weighted by atomic mass is 16.5. The largest absolute Gasteiger partial charge is 0.379 e. The summed E-state index contributed by atoms with van der Waals surface area (Å²) >= 11 is 0. The Kier molecular flexibility index (Phi) is 5.89. The summed E-state index contributed by atoms with van der Waals surface area (Å²) in [5, 5.41) is 4.21. The maximum absolute atomic E-state index is 5.45. The summed E-state index contributed by atoms with van der Waals surface area (Å²) in [6, 6.07) is 0.637. The van der Waals surface area contributed by atoms with E-state index in [1.807, 2.05) is 0 Å². The number of hydrogen-bond acceptors (Lipinski definition) is 6. The number of nitrogens with zero attached hydrogens (tertiary/aromatic N) is 4. The van der Waals surface area contributed by atoms with Gasteiger partial charge < -0.3 is 9.26 Å². The summed E-state index contributed by atoms with van der Waals surface area (Å²) in [7, 11) is 0. The van der Waals surface area contributed by atoms with Crippen LogP contribution in [0.25, 0.3) is 0 Å². The zero-order chi connectivity index (χ0) is 17.0. The number of likely N-dealkylation sites (tertiary alicyclic amines) is 1. The summed E-state index contributed by atoms with van der Waals surface area (Å²) in [5.74, 6) is 1.57. The topological polar surface area (TPSA) is 54.6 Å². The lowest BCUT2D eigenvalue weighted by atomic mass is 9.97.